The normalized spacial score (nSPS) is 20.1. The Balaban J connectivity index is 1.78. The van der Waals surface area contributed by atoms with Crippen molar-refractivity contribution in [1.29, 1.82) is 0 Å². The summed E-state index contributed by atoms with van der Waals surface area (Å²) in [6.45, 7) is 4.36. The fraction of sp³-hybridized carbons (Fsp3) is 0.435. The van der Waals surface area contributed by atoms with Crippen LogP contribution in [0.4, 0.5) is 5.69 Å². The van der Waals surface area contributed by atoms with Crippen LogP contribution in [0.2, 0.25) is 0 Å². The molecule has 0 N–H and O–H groups in total. The molecule has 0 bridgehead atoms. The zero-order chi connectivity index (χ0) is 19.3. The lowest BCUT2D eigenvalue weighted by molar-refractivity contribution is -0.143. The predicted molar refractivity (Wildman–Crippen MR) is 110 cm³/mol. The van der Waals surface area contributed by atoms with Crippen molar-refractivity contribution in [3.63, 3.8) is 0 Å². The van der Waals surface area contributed by atoms with Crippen molar-refractivity contribution in [2.24, 2.45) is 0 Å². The predicted octanol–water partition coefficient (Wildman–Crippen LogP) is 4.01. The zero-order valence-electron chi connectivity index (χ0n) is 16.6. The second kappa shape index (κ2) is 8.68. The number of hydrogen-bond donors (Lipinski definition) is 0. The van der Waals surface area contributed by atoms with Gasteiger partial charge in [0, 0.05) is 30.6 Å². The minimum Gasteiger partial charge on any atom is -0.365 e. The van der Waals surface area contributed by atoms with Crippen molar-refractivity contribution in [3.8, 4) is 0 Å². The molecule has 1 aliphatic heterocycles. The quantitative estimate of drug-likeness (QED) is 0.693. The van der Waals surface area contributed by atoms with Gasteiger partial charge in [0.25, 0.3) is 0 Å². The number of likely N-dealkylation sites (N-methyl/N-ethyl adjacent to an activating group) is 1. The van der Waals surface area contributed by atoms with Crippen LogP contribution in [0, 0.1) is 0 Å². The van der Waals surface area contributed by atoms with E-state index in [2.05, 4.69) is 60.3 Å². The molecule has 4 nitrogen and oxygen atoms in total. The molecule has 0 aromatic heterocycles. The highest BCUT2D eigenvalue weighted by molar-refractivity contribution is 5.96. The maximum Gasteiger partial charge on any atom is 0.162 e. The molecule has 1 fully saturated rings. The summed E-state index contributed by atoms with van der Waals surface area (Å²) in [5, 5.41) is 0. The molecule has 144 valence electrons. The van der Waals surface area contributed by atoms with Crippen LogP contribution in [0.15, 0.2) is 54.6 Å². The third-order valence-electron chi connectivity index (χ3n) is 5.34. The van der Waals surface area contributed by atoms with Crippen molar-refractivity contribution >= 4 is 11.5 Å². The zero-order valence-corrected chi connectivity index (χ0v) is 16.6. The Morgan fingerprint density at radius 3 is 2.44 bits per heavy atom. The summed E-state index contributed by atoms with van der Waals surface area (Å²) in [4.78, 5) is 16.6. The van der Waals surface area contributed by atoms with Crippen molar-refractivity contribution in [2.75, 3.05) is 38.7 Å². The van der Waals surface area contributed by atoms with E-state index in [-0.39, 0.29) is 11.5 Å². The van der Waals surface area contributed by atoms with Gasteiger partial charge in [-0.15, -0.1) is 0 Å². The molecule has 1 saturated heterocycles. The average Bonchev–Trinajstić information content (AvgIpc) is 2.69. The number of hydrogen-bond acceptors (Lipinski definition) is 4. The summed E-state index contributed by atoms with van der Waals surface area (Å²) in [6, 6.07) is 18.5. The van der Waals surface area contributed by atoms with Gasteiger partial charge in [-0.25, -0.2) is 0 Å². The molecule has 1 unspecified atom stereocenters. The smallest absolute Gasteiger partial charge is 0.162 e. The first-order valence-corrected chi connectivity index (χ1v) is 9.77. The number of ether oxygens (including phenoxy) is 1. The molecule has 0 radical (unpaired) electrons. The Kier molecular flexibility index (Phi) is 6.30. The van der Waals surface area contributed by atoms with E-state index in [1.54, 1.807) is 0 Å². The molecule has 2 aromatic rings. The fourth-order valence-corrected chi connectivity index (χ4v) is 3.67. The van der Waals surface area contributed by atoms with Gasteiger partial charge >= 0.3 is 0 Å². The summed E-state index contributed by atoms with van der Waals surface area (Å²) in [5.74, 6) is 0.220. The number of nitrogens with zero attached hydrogens (tertiary/aromatic N) is 2. The number of carbonyl (C=O) groups is 1. The van der Waals surface area contributed by atoms with Crippen molar-refractivity contribution in [1.82, 2.24) is 4.90 Å². The van der Waals surface area contributed by atoms with Gasteiger partial charge in [-0.05, 0) is 50.3 Å². The number of ketones is 1. The number of carbonyl (C=O) groups excluding carboxylic acids is 1. The summed E-state index contributed by atoms with van der Waals surface area (Å²) >= 11 is 0. The minimum atomic E-state index is -0.365. The summed E-state index contributed by atoms with van der Waals surface area (Å²) < 4.78 is 6.31. The first-order valence-electron chi connectivity index (χ1n) is 9.77. The van der Waals surface area contributed by atoms with Gasteiger partial charge in [-0.2, -0.15) is 0 Å². The van der Waals surface area contributed by atoms with Crippen molar-refractivity contribution in [3.05, 3.63) is 65.7 Å². The fourth-order valence-electron chi connectivity index (χ4n) is 3.67. The lowest BCUT2D eigenvalue weighted by atomic mass is 9.98. The van der Waals surface area contributed by atoms with E-state index in [0.29, 0.717) is 13.0 Å². The number of benzene rings is 2. The van der Waals surface area contributed by atoms with Gasteiger partial charge in [0.1, 0.15) is 5.72 Å². The van der Waals surface area contributed by atoms with Crippen LogP contribution in [0.5, 0.6) is 0 Å². The Bertz CT molecular complexity index is 743. The number of anilines is 1. The van der Waals surface area contributed by atoms with Gasteiger partial charge in [0.05, 0.1) is 13.2 Å². The standard InChI is InChI=1S/C23H30N2O2/c1-4-8-22(26)20-11-13-21(14-12-20)25-15-16-27-23(18-25,24(2)3)17-19-9-6-5-7-10-19/h5-7,9-14H,4,8,15-18H2,1-3H3. The van der Waals surface area contributed by atoms with Crippen molar-refractivity contribution < 1.29 is 9.53 Å². The Morgan fingerprint density at radius 2 is 1.81 bits per heavy atom. The third-order valence-corrected chi connectivity index (χ3v) is 5.34. The largest absolute Gasteiger partial charge is 0.365 e. The maximum absolute atomic E-state index is 12.1. The topological polar surface area (TPSA) is 32.8 Å². The van der Waals surface area contributed by atoms with Gasteiger partial charge in [-0.1, -0.05) is 37.3 Å². The van der Waals surface area contributed by atoms with Crippen LogP contribution in [-0.2, 0) is 11.2 Å². The summed E-state index contributed by atoms with van der Waals surface area (Å²) in [6.07, 6.45) is 2.33. The molecule has 1 aliphatic rings. The summed E-state index contributed by atoms with van der Waals surface area (Å²) in [5.41, 5.74) is 2.85. The second-order valence-electron chi connectivity index (χ2n) is 7.49. The van der Waals surface area contributed by atoms with Crippen LogP contribution in [-0.4, -0.2) is 50.2 Å². The van der Waals surface area contributed by atoms with E-state index in [1.807, 2.05) is 25.1 Å². The van der Waals surface area contributed by atoms with E-state index in [9.17, 15) is 4.79 Å². The monoisotopic (exact) mass is 366 g/mol. The van der Waals surface area contributed by atoms with E-state index < -0.39 is 0 Å². The SMILES string of the molecule is CCCC(=O)c1ccc(N2CCOC(Cc3ccccc3)(N(C)C)C2)cc1. The maximum atomic E-state index is 12.1. The molecule has 1 atom stereocenters. The molecule has 2 aromatic carbocycles. The van der Waals surface area contributed by atoms with Crippen molar-refractivity contribution in [2.45, 2.75) is 31.9 Å². The lowest BCUT2D eigenvalue weighted by Gasteiger charge is -2.47. The first-order chi connectivity index (χ1) is 13.0. The second-order valence-corrected chi connectivity index (χ2v) is 7.49. The minimum absolute atomic E-state index is 0.220. The molecule has 0 amide bonds. The number of Topliss-reactive ketones (excluding diaryl/α,β-unsaturated/α-hetero) is 1. The molecule has 27 heavy (non-hydrogen) atoms. The number of morpholine rings is 1. The molecular formula is C23H30N2O2. The van der Waals surface area contributed by atoms with E-state index in [1.165, 1.54) is 5.56 Å². The van der Waals surface area contributed by atoms with Crippen LogP contribution >= 0.6 is 0 Å². The van der Waals surface area contributed by atoms with Gasteiger partial charge in [0.15, 0.2) is 5.78 Å². The average molecular weight is 367 g/mol. The highest BCUT2D eigenvalue weighted by Crippen LogP contribution is 2.29. The molecule has 0 aliphatic carbocycles. The highest BCUT2D eigenvalue weighted by Gasteiger charge is 2.39. The molecule has 4 heteroatoms. The number of rotatable bonds is 7. The van der Waals surface area contributed by atoms with Crippen LogP contribution in [0.25, 0.3) is 0 Å². The Hall–Kier alpha value is -2.17. The van der Waals surface area contributed by atoms with Crippen LogP contribution < -0.4 is 4.90 Å². The lowest BCUT2D eigenvalue weighted by Crippen LogP contribution is -2.60. The first kappa shape index (κ1) is 19.6. The third kappa shape index (κ3) is 4.57. The van der Waals surface area contributed by atoms with Crippen LogP contribution in [0.1, 0.15) is 35.7 Å². The van der Waals surface area contributed by atoms with Gasteiger partial charge in [0.2, 0.25) is 0 Å². The Morgan fingerprint density at radius 1 is 1.11 bits per heavy atom. The molecule has 0 spiro atoms. The molecular weight excluding hydrogens is 336 g/mol. The van der Waals surface area contributed by atoms with Gasteiger partial charge in [-0.3, -0.25) is 9.69 Å². The Labute approximate surface area is 162 Å². The molecule has 0 saturated carbocycles. The molecule has 1 heterocycles. The van der Waals surface area contributed by atoms with E-state index in [0.717, 1.165) is 37.2 Å². The van der Waals surface area contributed by atoms with Gasteiger partial charge < -0.3 is 9.64 Å². The highest BCUT2D eigenvalue weighted by atomic mass is 16.5. The van der Waals surface area contributed by atoms with E-state index >= 15 is 0 Å². The van der Waals surface area contributed by atoms with Crippen LogP contribution in [0.3, 0.4) is 0 Å². The summed E-state index contributed by atoms with van der Waals surface area (Å²) in [7, 11) is 4.16. The molecule has 3 rings (SSSR count). The van der Waals surface area contributed by atoms with E-state index in [4.69, 9.17) is 4.74 Å².